The maximum Gasteiger partial charge on any atom is 0.469 e. The number of hydrogen-bond donors (Lipinski definition) is 2. The van der Waals surface area contributed by atoms with Gasteiger partial charge in [-0.15, -0.1) is 0 Å². The number of allylic oxidation sites excluding steroid dienone is 11. The van der Waals surface area contributed by atoms with Gasteiger partial charge in [-0.1, -0.05) is 164 Å². The second-order valence-corrected chi connectivity index (χ2v) is 14.5. The topological polar surface area (TPSA) is 119 Å². The van der Waals surface area contributed by atoms with Crippen LogP contribution in [0.4, 0.5) is 0 Å². The zero-order valence-corrected chi connectivity index (χ0v) is 33.6. The molecule has 0 rings (SSSR count). The first-order valence-corrected chi connectivity index (χ1v) is 21.8. The molecule has 1 atom stereocenters. The van der Waals surface area contributed by atoms with Crippen LogP contribution in [0.15, 0.2) is 72.9 Å². The van der Waals surface area contributed by atoms with E-state index in [4.69, 9.17) is 19.3 Å². The second kappa shape index (κ2) is 38.2. The highest BCUT2D eigenvalue weighted by molar-refractivity contribution is 7.46. The molecular formula is C43H73O8P. The van der Waals surface area contributed by atoms with E-state index in [-0.39, 0.29) is 19.4 Å². The van der Waals surface area contributed by atoms with Gasteiger partial charge in [-0.3, -0.25) is 14.1 Å². The molecule has 0 saturated carbocycles. The normalized spacial score (nSPS) is 13.2. The third kappa shape index (κ3) is 40.3. The Morgan fingerprint density at radius 3 is 1.46 bits per heavy atom. The number of ether oxygens (including phenoxy) is 2. The largest absolute Gasteiger partial charge is 0.469 e. The van der Waals surface area contributed by atoms with Gasteiger partial charge in [0.1, 0.15) is 6.61 Å². The summed E-state index contributed by atoms with van der Waals surface area (Å²) in [5.41, 5.74) is 0. The van der Waals surface area contributed by atoms with Gasteiger partial charge in [0.15, 0.2) is 6.10 Å². The lowest BCUT2D eigenvalue weighted by Crippen LogP contribution is -2.29. The van der Waals surface area contributed by atoms with Crippen LogP contribution in [0.3, 0.4) is 0 Å². The van der Waals surface area contributed by atoms with Crippen LogP contribution in [0.2, 0.25) is 0 Å². The number of esters is 2. The smallest absolute Gasteiger partial charge is 0.462 e. The Morgan fingerprint density at radius 1 is 0.538 bits per heavy atom. The zero-order valence-electron chi connectivity index (χ0n) is 32.7. The van der Waals surface area contributed by atoms with E-state index in [1.165, 1.54) is 83.5 Å². The van der Waals surface area contributed by atoms with Crippen molar-refractivity contribution in [2.75, 3.05) is 13.2 Å². The van der Waals surface area contributed by atoms with Crippen molar-refractivity contribution in [1.29, 1.82) is 0 Å². The van der Waals surface area contributed by atoms with Crippen LogP contribution in [0.1, 0.15) is 168 Å². The molecule has 0 amide bonds. The minimum Gasteiger partial charge on any atom is -0.462 e. The first-order chi connectivity index (χ1) is 25.3. The molecule has 0 radical (unpaired) electrons. The predicted octanol–water partition coefficient (Wildman–Crippen LogP) is 12.3. The summed E-state index contributed by atoms with van der Waals surface area (Å²) in [6.07, 6.45) is 49.4. The van der Waals surface area contributed by atoms with Crippen LogP contribution in [-0.2, 0) is 28.2 Å². The standard InChI is InChI=1S/C43H73O8P/c1-3-5-7-9-11-13-15-17-19-20-21-22-24-25-27-29-31-33-35-37-42(44)49-39-41(40-50-52(46,47)48)51-43(45)38-36-34-32-30-28-26-23-18-16-14-12-10-8-6-4-2/h6,8,12,14,17-19,23,28,30,34,36,41H,3-5,7,9-11,13,15-16,20-22,24-27,29,31-33,35,37-40H2,1-2H3,(H2,46,47,48)/b8-6-,14-12-,19-17-,23-18-,30-28-,36-34-. The van der Waals surface area contributed by atoms with E-state index in [1.807, 2.05) is 12.2 Å². The second-order valence-electron chi connectivity index (χ2n) is 13.2. The van der Waals surface area contributed by atoms with E-state index in [0.29, 0.717) is 12.8 Å². The number of unbranched alkanes of at least 4 members (excludes halogenated alkanes) is 15. The Hall–Kier alpha value is -2.51. The highest BCUT2D eigenvalue weighted by Gasteiger charge is 2.22. The lowest BCUT2D eigenvalue weighted by Gasteiger charge is -2.18. The van der Waals surface area contributed by atoms with Gasteiger partial charge < -0.3 is 19.3 Å². The van der Waals surface area contributed by atoms with Crippen molar-refractivity contribution in [2.24, 2.45) is 0 Å². The van der Waals surface area contributed by atoms with Crippen LogP contribution in [-0.4, -0.2) is 41.0 Å². The maximum absolute atomic E-state index is 12.3. The van der Waals surface area contributed by atoms with Gasteiger partial charge in [0.05, 0.1) is 13.0 Å². The molecule has 0 fully saturated rings. The van der Waals surface area contributed by atoms with Crippen molar-refractivity contribution in [3.63, 3.8) is 0 Å². The van der Waals surface area contributed by atoms with Crippen LogP contribution in [0.5, 0.6) is 0 Å². The third-order valence-electron chi connectivity index (χ3n) is 8.24. The number of carbonyl (C=O) groups excluding carboxylic acids is 2. The Kier molecular flexibility index (Phi) is 36.4. The number of phosphoric acid groups is 1. The number of carbonyl (C=O) groups is 2. The fourth-order valence-electron chi connectivity index (χ4n) is 5.27. The molecule has 1 unspecified atom stereocenters. The van der Waals surface area contributed by atoms with Crippen molar-refractivity contribution >= 4 is 19.8 Å². The monoisotopic (exact) mass is 749 g/mol. The van der Waals surface area contributed by atoms with Crippen LogP contribution < -0.4 is 0 Å². The molecule has 0 saturated heterocycles. The Labute approximate surface area is 317 Å². The third-order valence-corrected chi connectivity index (χ3v) is 8.73. The first kappa shape index (κ1) is 49.5. The molecule has 2 N–H and O–H groups in total. The van der Waals surface area contributed by atoms with E-state index < -0.39 is 32.5 Å². The fraction of sp³-hybridized carbons (Fsp3) is 0.674. The summed E-state index contributed by atoms with van der Waals surface area (Å²) in [5.74, 6) is -1.04. The summed E-state index contributed by atoms with van der Waals surface area (Å²) >= 11 is 0. The van der Waals surface area contributed by atoms with Gasteiger partial charge in [-0.05, 0) is 64.2 Å². The number of rotatable bonds is 36. The van der Waals surface area contributed by atoms with Gasteiger partial charge >= 0.3 is 19.8 Å². The molecule has 0 aromatic carbocycles. The Balaban J connectivity index is 4.04. The van der Waals surface area contributed by atoms with Crippen molar-refractivity contribution in [3.8, 4) is 0 Å². The van der Waals surface area contributed by atoms with E-state index in [1.54, 1.807) is 6.08 Å². The molecule has 0 aliphatic carbocycles. The SMILES string of the molecule is CC/C=C\C/C=C\C/C=C\C/C=C\C/C=C\CC(=O)OC(COC(=O)CCCCCCCCCCC/C=C\CCCCCCCC)COP(=O)(O)O. The van der Waals surface area contributed by atoms with Gasteiger partial charge in [-0.25, -0.2) is 4.57 Å². The predicted molar refractivity (Wildman–Crippen MR) is 216 cm³/mol. The summed E-state index contributed by atoms with van der Waals surface area (Å²) in [4.78, 5) is 42.7. The fourth-order valence-corrected chi connectivity index (χ4v) is 5.63. The summed E-state index contributed by atoms with van der Waals surface area (Å²) in [6, 6.07) is 0. The van der Waals surface area contributed by atoms with Gasteiger partial charge in [0.2, 0.25) is 0 Å². The highest BCUT2D eigenvalue weighted by atomic mass is 31.2. The summed E-state index contributed by atoms with van der Waals surface area (Å²) < 4.78 is 26.2. The van der Waals surface area contributed by atoms with Crippen molar-refractivity contribution in [3.05, 3.63) is 72.9 Å². The van der Waals surface area contributed by atoms with E-state index in [0.717, 1.165) is 44.9 Å². The van der Waals surface area contributed by atoms with Crippen LogP contribution in [0, 0.1) is 0 Å². The molecule has 0 aromatic heterocycles. The lowest BCUT2D eigenvalue weighted by atomic mass is 10.1. The Bertz CT molecular complexity index is 1070. The lowest BCUT2D eigenvalue weighted by molar-refractivity contribution is -0.160. The van der Waals surface area contributed by atoms with Crippen LogP contribution >= 0.6 is 7.82 Å². The molecule has 0 aliphatic heterocycles. The molecule has 0 spiro atoms. The highest BCUT2D eigenvalue weighted by Crippen LogP contribution is 2.35. The maximum atomic E-state index is 12.3. The molecule has 8 nitrogen and oxygen atoms in total. The van der Waals surface area contributed by atoms with Crippen molar-refractivity contribution in [2.45, 2.75) is 174 Å². The average Bonchev–Trinajstić information content (AvgIpc) is 3.11. The molecule has 52 heavy (non-hydrogen) atoms. The quantitative estimate of drug-likeness (QED) is 0.0281. The molecular weight excluding hydrogens is 675 g/mol. The number of phosphoric ester groups is 1. The van der Waals surface area contributed by atoms with E-state index >= 15 is 0 Å². The van der Waals surface area contributed by atoms with Crippen molar-refractivity contribution < 1.29 is 37.9 Å². The molecule has 298 valence electrons. The Morgan fingerprint density at radius 2 is 0.981 bits per heavy atom. The minimum atomic E-state index is -4.78. The molecule has 0 aromatic rings. The van der Waals surface area contributed by atoms with Gasteiger partial charge in [0.25, 0.3) is 0 Å². The average molecular weight is 749 g/mol. The first-order valence-electron chi connectivity index (χ1n) is 20.2. The van der Waals surface area contributed by atoms with E-state index in [9.17, 15) is 14.2 Å². The summed E-state index contributed by atoms with van der Waals surface area (Å²) in [7, 11) is -4.78. The molecule has 0 aliphatic rings. The molecule has 0 heterocycles. The number of hydrogen-bond acceptors (Lipinski definition) is 6. The van der Waals surface area contributed by atoms with Gasteiger partial charge in [-0.2, -0.15) is 0 Å². The van der Waals surface area contributed by atoms with Crippen molar-refractivity contribution in [1.82, 2.24) is 0 Å². The molecule has 0 bridgehead atoms. The summed E-state index contributed by atoms with van der Waals surface area (Å²) in [6.45, 7) is 3.47. The van der Waals surface area contributed by atoms with E-state index in [2.05, 4.69) is 73.1 Å². The zero-order chi connectivity index (χ0) is 38.2. The van der Waals surface area contributed by atoms with Gasteiger partial charge in [0, 0.05) is 6.42 Å². The van der Waals surface area contributed by atoms with Crippen LogP contribution in [0.25, 0.3) is 0 Å². The molecule has 9 heteroatoms. The summed E-state index contributed by atoms with van der Waals surface area (Å²) in [5, 5.41) is 0. The minimum absolute atomic E-state index is 0.0232.